The van der Waals surface area contributed by atoms with Gasteiger partial charge >= 0.3 is 0 Å². The van der Waals surface area contributed by atoms with E-state index in [0.29, 0.717) is 18.0 Å². The van der Waals surface area contributed by atoms with Crippen molar-refractivity contribution in [3.63, 3.8) is 0 Å². The number of benzene rings is 1. The first-order valence-corrected chi connectivity index (χ1v) is 11.2. The topological polar surface area (TPSA) is 67.9 Å². The van der Waals surface area contributed by atoms with Crippen LogP contribution in [-0.4, -0.2) is 67.1 Å². The molecule has 7 heteroatoms. The normalized spacial score (nSPS) is 28.8. The van der Waals surface area contributed by atoms with Gasteiger partial charge in [0.25, 0.3) is 0 Å². The number of ether oxygens (including phenoxy) is 2. The monoisotopic (exact) mass is 430 g/mol. The Balaban J connectivity index is 1.51. The number of thiocarbonyl (C=S) groups is 1. The van der Waals surface area contributed by atoms with Crippen LogP contribution in [0.1, 0.15) is 30.4 Å². The van der Waals surface area contributed by atoms with Gasteiger partial charge in [-0.05, 0) is 43.2 Å². The third kappa shape index (κ3) is 3.96. The van der Waals surface area contributed by atoms with Gasteiger partial charge in [-0.15, -0.1) is 0 Å². The molecule has 4 rings (SSSR count). The molecule has 1 amide bonds. The molecule has 162 valence electrons. The molecule has 3 aliphatic rings. The molecule has 2 fully saturated rings. The van der Waals surface area contributed by atoms with E-state index in [9.17, 15) is 9.59 Å². The Bertz CT molecular complexity index is 825. The predicted molar refractivity (Wildman–Crippen MR) is 117 cm³/mol. The van der Waals surface area contributed by atoms with E-state index in [1.165, 1.54) is 11.1 Å². The van der Waals surface area contributed by atoms with Crippen LogP contribution < -0.4 is 5.32 Å². The van der Waals surface area contributed by atoms with E-state index in [1.54, 1.807) is 14.2 Å². The number of Topliss-reactive ketones (excluding diaryl/α,β-unsaturated/α-hetero) is 1. The maximum absolute atomic E-state index is 13.5. The summed E-state index contributed by atoms with van der Waals surface area (Å²) >= 11 is 5.56. The molecule has 0 bridgehead atoms. The summed E-state index contributed by atoms with van der Waals surface area (Å²) in [6, 6.07) is 7.59. The van der Waals surface area contributed by atoms with Crippen LogP contribution in [0, 0.1) is 11.8 Å². The summed E-state index contributed by atoms with van der Waals surface area (Å²) in [5.41, 5.74) is 2.57. The number of ketones is 1. The standard InChI is InChI=1S/C23H30N2O4S/c1-28-23(29-2)17-8-5-11-25(17)22(27)20-19(18(30)13-24-20)21(26)16-10-9-14-6-3-4-7-15(14)12-16/h3-4,6-7,16-17,19-20,23-24H,5,8-13H2,1-2H3/t16-,17+,19?,20+/m1/s1. The average Bonchev–Trinajstić information content (AvgIpc) is 3.40. The molecule has 30 heavy (non-hydrogen) atoms. The molecule has 1 unspecified atom stereocenters. The molecule has 1 aromatic carbocycles. The number of fused-ring (bicyclic) bond motifs is 1. The van der Waals surface area contributed by atoms with Crippen molar-refractivity contribution < 1.29 is 19.1 Å². The van der Waals surface area contributed by atoms with Crippen LogP contribution in [0.15, 0.2) is 24.3 Å². The summed E-state index contributed by atoms with van der Waals surface area (Å²) in [6.45, 7) is 1.08. The molecule has 0 radical (unpaired) electrons. The van der Waals surface area contributed by atoms with Crippen LogP contribution in [0.25, 0.3) is 0 Å². The first-order valence-electron chi connectivity index (χ1n) is 10.8. The molecule has 0 spiro atoms. The molecular formula is C23H30N2O4S. The number of carbonyl (C=O) groups excluding carboxylic acids is 2. The molecule has 1 N–H and O–H groups in total. The van der Waals surface area contributed by atoms with E-state index in [-0.39, 0.29) is 23.7 Å². The molecule has 2 heterocycles. The first kappa shape index (κ1) is 21.6. The minimum atomic E-state index is -0.586. The van der Waals surface area contributed by atoms with Crippen LogP contribution in [0.4, 0.5) is 0 Å². The fourth-order valence-electron chi connectivity index (χ4n) is 5.31. The van der Waals surface area contributed by atoms with Gasteiger partial charge in [-0.1, -0.05) is 36.5 Å². The average molecular weight is 431 g/mol. The second kappa shape index (κ2) is 9.22. The summed E-state index contributed by atoms with van der Waals surface area (Å²) in [4.78, 5) is 29.5. The van der Waals surface area contributed by atoms with Crippen LogP contribution in [0.3, 0.4) is 0 Å². The van der Waals surface area contributed by atoms with E-state index < -0.39 is 18.2 Å². The highest BCUT2D eigenvalue weighted by Crippen LogP contribution is 2.32. The van der Waals surface area contributed by atoms with E-state index >= 15 is 0 Å². The molecule has 6 nitrogen and oxygen atoms in total. The zero-order chi connectivity index (χ0) is 21.3. The lowest BCUT2D eigenvalue weighted by Crippen LogP contribution is -2.53. The van der Waals surface area contributed by atoms with Crippen LogP contribution in [0.2, 0.25) is 0 Å². The highest BCUT2D eigenvalue weighted by molar-refractivity contribution is 7.80. The number of nitrogens with one attached hydrogen (secondary N) is 1. The molecule has 2 saturated heterocycles. The zero-order valence-electron chi connectivity index (χ0n) is 17.6. The van der Waals surface area contributed by atoms with Crippen molar-refractivity contribution in [3.05, 3.63) is 35.4 Å². The van der Waals surface area contributed by atoms with Crippen molar-refractivity contribution in [3.8, 4) is 0 Å². The highest BCUT2D eigenvalue weighted by Gasteiger charge is 2.47. The summed E-state index contributed by atoms with van der Waals surface area (Å²) in [6.07, 6.45) is 3.71. The minimum Gasteiger partial charge on any atom is -0.354 e. The number of nitrogens with zero attached hydrogens (tertiary/aromatic N) is 1. The number of methoxy groups -OCH3 is 2. The molecule has 1 aliphatic carbocycles. The lowest BCUT2D eigenvalue weighted by molar-refractivity contribution is -0.159. The number of likely N-dealkylation sites (tertiary alicyclic amines) is 1. The second-order valence-electron chi connectivity index (χ2n) is 8.49. The fourth-order valence-corrected chi connectivity index (χ4v) is 5.65. The van der Waals surface area contributed by atoms with E-state index in [1.807, 2.05) is 17.0 Å². The number of aryl methyl sites for hydroxylation is 1. The predicted octanol–water partition coefficient (Wildman–Crippen LogP) is 1.93. The maximum Gasteiger partial charge on any atom is 0.241 e. The van der Waals surface area contributed by atoms with Gasteiger partial charge in [0.05, 0.1) is 12.0 Å². The smallest absolute Gasteiger partial charge is 0.241 e. The van der Waals surface area contributed by atoms with E-state index in [2.05, 4.69) is 17.4 Å². The molecule has 0 aromatic heterocycles. The number of carbonyl (C=O) groups is 2. The first-order chi connectivity index (χ1) is 14.5. The van der Waals surface area contributed by atoms with Crippen molar-refractivity contribution in [2.24, 2.45) is 11.8 Å². The van der Waals surface area contributed by atoms with Gasteiger partial charge in [-0.2, -0.15) is 0 Å². The number of amides is 1. The Labute approximate surface area is 183 Å². The number of hydrogen-bond acceptors (Lipinski definition) is 6. The lowest BCUT2D eigenvalue weighted by Gasteiger charge is -2.33. The third-order valence-corrected chi connectivity index (χ3v) is 7.26. The largest absolute Gasteiger partial charge is 0.354 e. The van der Waals surface area contributed by atoms with Gasteiger partial charge in [-0.3, -0.25) is 9.59 Å². The summed E-state index contributed by atoms with van der Waals surface area (Å²) < 4.78 is 10.8. The summed E-state index contributed by atoms with van der Waals surface area (Å²) in [5, 5.41) is 3.23. The molecule has 2 aliphatic heterocycles. The number of rotatable bonds is 6. The van der Waals surface area contributed by atoms with Crippen molar-refractivity contribution in [1.82, 2.24) is 10.2 Å². The molecular weight excluding hydrogens is 400 g/mol. The van der Waals surface area contributed by atoms with Crippen LogP contribution >= 0.6 is 12.2 Å². The van der Waals surface area contributed by atoms with E-state index in [0.717, 1.165) is 32.1 Å². The summed E-state index contributed by atoms with van der Waals surface area (Å²) in [7, 11) is 3.18. The van der Waals surface area contributed by atoms with Crippen LogP contribution in [0.5, 0.6) is 0 Å². The summed E-state index contributed by atoms with van der Waals surface area (Å²) in [5.74, 6) is -0.569. The third-order valence-electron chi connectivity index (χ3n) is 6.86. The highest BCUT2D eigenvalue weighted by atomic mass is 32.1. The van der Waals surface area contributed by atoms with Crippen molar-refractivity contribution >= 4 is 28.8 Å². The Morgan fingerprint density at radius 3 is 2.63 bits per heavy atom. The Hall–Kier alpha value is -1.67. The number of hydrogen-bond donors (Lipinski definition) is 1. The van der Waals surface area contributed by atoms with Gasteiger partial charge in [-0.25, -0.2) is 0 Å². The zero-order valence-corrected chi connectivity index (χ0v) is 18.5. The van der Waals surface area contributed by atoms with Crippen molar-refractivity contribution in [2.45, 2.75) is 50.5 Å². The lowest BCUT2D eigenvalue weighted by atomic mass is 9.76. The second-order valence-corrected chi connectivity index (χ2v) is 9.02. The quantitative estimate of drug-likeness (QED) is 0.550. The van der Waals surface area contributed by atoms with Gasteiger partial charge in [0.15, 0.2) is 6.29 Å². The molecule has 4 atom stereocenters. The van der Waals surface area contributed by atoms with Crippen molar-refractivity contribution in [2.75, 3.05) is 27.3 Å². The van der Waals surface area contributed by atoms with Crippen molar-refractivity contribution in [1.29, 1.82) is 0 Å². The Morgan fingerprint density at radius 1 is 1.17 bits per heavy atom. The van der Waals surface area contributed by atoms with Gasteiger partial charge in [0, 0.05) is 38.1 Å². The van der Waals surface area contributed by atoms with Gasteiger partial charge in [0.1, 0.15) is 11.8 Å². The van der Waals surface area contributed by atoms with E-state index in [4.69, 9.17) is 21.7 Å². The SMILES string of the molecule is COC(OC)[C@@H]1CCCN1C(=O)[C@H]1NCC(=S)C1C(=O)[C@@H]1CCc2ccccc2C1. The minimum absolute atomic E-state index is 0.0639. The Morgan fingerprint density at radius 2 is 1.90 bits per heavy atom. The Kier molecular flexibility index (Phi) is 6.63. The van der Waals surface area contributed by atoms with Gasteiger partial charge in [0.2, 0.25) is 5.91 Å². The fraction of sp³-hybridized carbons (Fsp3) is 0.609. The maximum atomic E-state index is 13.5. The molecule has 1 aromatic rings. The van der Waals surface area contributed by atoms with Crippen LogP contribution in [-0.2, 0) is 31.9 Å². The van der Waals surface area contributed by atoms with Gasteiger partial charge < -0.3 is 19.7 Å². The molecule has 0 saturated carbocycles.